The van der Waals surface area contributed by atoms with E-state index in [0.29, 0.717) is 5.69 Å². The zero-order chi connectivity index (χ0) is 20.8. The predicted molar refractivity (Wildman–Crippen MR) is 115 cm³/mol. The Balaban J connectivity index is 1.74. The Bertz CT molecular complexity index is 977. The van der Waals surface area contributed by atoms with Gasteiger partial charge < -0.3 is 10.2 Å². The van der Waals surface area contributed by atoms with Crippen molar-refractivity contribution in [2.24, 2.45) is 4.99 Å². The molecule has 2 aromatic rings. The number of nitrogens with one attached hydrogen (secondary N) is 1. The van der Waals surface area contributed by atoms with Crippen molar-refractivity contribution in [3.63, 3.8) is 0 Å². The Kier molecular flexibility index (Phi) is 6.54. The molecule has 0 radical (unpaired) electrons. The van der Waals surface area contributed by atoms with E-state index >= 15 is 0 Å². The second-order valence-corrected chi connectivity index (χ2v) is 6.98. The minimum absolute atomic E-state index is 0.0264. The highest BCUT2D eigenvalue weighted by molar-refractivity contribution is 6.04. The van der Waals surface area contributed by atoms with Crippen LogP contribution in [0, 0.1) is 5.82 Å². The van der Waals surface area contributed by atoms with E-state index in [1.807, 2.05) is 50.4 Å². The maximum absolute atomic E-state index is 13.7. The van der Waals surface area contributed by atoms with Crippen molar-refractivity contribution in [2.45, 2.75) is 27.2 Å². The highest BCUT2D eigenvalue weighted by Crippen LogP contribution is 2.27. The molecule has 1 N–H and O–H groups in total. The van der Waals surface area contributed by atoms with E-state index in [0.717, 1.165) is 37.1 Å². The molecule has 6 heteroatoms. The summed E-state index contributed by atoms with van der Waals surface area (Å²) in [6.45, 7) is 7.88. The van der Waals surface area contributed by atoms with Crippen LogP contribution in [0.5, 0.6) is 0 Å². The van der Waals surface area contributed by atoms with Gasteiger partial charge in [-0.3, -0.25) is 9.78 Å². The smallest absolute Gasteiger partial charge is 0.258 e. The molecule has 3 rings (SSSR count). The molecule has 0 aliphatic carbocycles. The number of pyridine rings is 1. The lowest BCUT2D eigenvalue weighted by Crippen LogP contribution is -2.34. The second-order valence-electron chi connectivity index (χ2n) is 6.98. The topological polar surface area (TPSA) is 57.6 Å². The van der Waals surface area contributed by atoms with E-state index in [1.165, 1.54) is 23.4 Å². The molecule has 5 nitrogen and oxygen atoms in total. The number of carbonyl (C=O) groups is 1. The number of nitrogens with zero attached hydrogens (tertiary/aromatic N) is 3. The standard InChI is InChI=1S/C23H25FN4O/c1-4-11-26-17(3)28-13-10-16(2)21(15-28)18-5-7-19(8-6-18)27-23(29)20-9-12-25-14-22(20)24/h4-9,11-12,14H,10,13,15H2,1-3H3,(H,27,29)/b11-4-,26-17?. The van der Waals surface area contributed by atoms with Crippen molar-refractivity contribution in [3.05, 3.63) is 77.5 Å². The fourth-order valence-corrected chi connectivity index (χ4v) is 3.25. The number of carbonyl (C=O) groups excluding carboxylic acids is 1. The van der Waals surface area contributed by atoms with Crippen LogP contribution >= 0.6 is 0 Å². The van der Waals surface area contributed by atoms with Crippen LogP contribution in [0.25, 0.3) is 5.57 Å². The van der Waals surface area contributed by atoms with Crippen molar-refractivity contribution in [1.82, 2.24) is 9.88 Å². The molecule has 0 unspecified atom stereocenters. The van der Waals surface area contributed by atoms with E-state index in [9.17, 15) is 9.18 Å². The number of amidine groups is 1. The fourth-order valence-electron chi connectivity index (χ4n) is 3.25. The van der Waals surface area contributed by atoms with Gasteiger partial charge in [0.1, 0.15) is 5.84 Å². The van der Waals surface area contributed by atoms with Crippen molar-refractivity contribution < 1.29 is 9.18 Å². The van der Waals surface area contributed by atoms with Gasteiger partial charge in [0, 0.05) is 31.2 Å². The van der Waals surface area contributed by atoms with Gasteiger partial charge in [0.05, 0.1) is 11.8 Å². The molecule has 1 aliphatic heterocycles. The molecule has 29 heavy (non-hydrogen) atoms. The Morgan fingerprint density at radius 1 is 1.28 bits per heavy atom. The van der Waals surface area contributed by atoms with Gasteiger partial charge >= 0.3 is 0 Å². The third-order valence-electron chi connectivity index (χ3n) is 5.00. The number of hydrogen-bond donors (Lipinski definition) is 1. The van der Waals surface area contributed by atoms with E-state index in [1.54, 1.807) is 0 Å². The Hall–Kier alpha value is -3.28. The van der Waals surface area contributed by atoms with E-state index in [2.05, 4.69) is 27.1 Å². The summed E-state index contributed by atoms with van der Waals surface area (Å²) in [6.07, 6.45) is 7.14. The van der Waals surface area contributed by atoms with Crippen LogP contribution in [0.15, 0.2) is 65.6 Å². The normalized spacial score (nSPS) is 15.2. The monoisotopic (exact) mass is 392 g/mol. The first-order chi connectivity index (χ1) is 14.0. The molecular weight excluding hydrogens is 367 g/mol. The Labute approximate surface area is 170 Å². The molecular formula is C23H25FN4O. The van der Waals surface area contributed by atoms with Gasteiger partial charge in [0.25, 0.3) is 5.91 Å². The van der Waals surface area contributed by atoms with Crippen LogP contribution in [0.4, 0.5) is 10.1 Å². The SMILES string of the molecule is C/C=C\N=C(C)N1CCC(C)=C(c2ccc(NC(=O)c3ccncc3F)cc2)C1. The van der Waals surface area contributed by atoms with E-state index in [-0.39, 0.29) is 5.56 Å². The highest BCUT2D eigenvalue weighted by atomic mass is 19.1. The Morgan fingerprint density at radius 2 is 2.03 bits per heavy atom. The number of allylic oxidation sites excluding steroid dienone is 1. The van der Waals surface area contributed by atoms with Crippen molar-refractivity contribution in [2.75, 3.05) is 18.4 Å². The number of hydrogen-bond acceptors (Lipinski definition) is 3. The molecule has 0 bridgehead atoms. The molecule has 150 valence electrons. The van der Waals surface area contributed by atoms with Gasteiger partial charge in [0.15, 0.2) is 5.82 Å². The van der Waals surface area contributed by atoms with Crippen LogP contribution in [0.1, 0.15) is 43.1 Å². The molecule has 1 amide bonds. The van der Waals surface area contributed by atoms with Crippen molar-refractivity contribution in [1.29, 1.82) is 0 Å². The Morgan fingerprint density at radius 3 is 2.72 bits per heavy atom. The summed E-state index contributed by atoms with van der Waals surface area (Å²) in [4.78, 5) is 22.7. The summed E-state index contributed by atoms with van der Waals surface area (Å²) in [6, 6.07) is 9.01. The van der Waals surface area contributed by atoms with Gasteiger partial charge in [-0.1, -0.05) is 23.8 Å². The van der Waals surface area contributed by atoms with Crippen molar-refractivity contribution in [3.8, 4) is 0 Å². The lowest BCUT2D eigenvalue weighted by molar-refractivity contribution is 0.102. The second kappa shape index (κ2) is 9.28. The third-order valence-corrected chi connectivity index (χ3v) is 5.00. The summed E-state index contributed by atoms with van der Waals surface area (Å²) < 4.78 is 13.7. The first kappa shape index (κ1) is 20.5. The quantitative estimate of drug-likeness (QED) is 0.594. The van der Waals surface area contributed by atoms with E-state index in [4.69, 9.17) is 0 Å². The van der Waals surface area contributed by atoms with Gasteiger partial charge in [-0.05, 0) is 56.5 Å². The minimum Gasteiger partial charge on any atom is -0.356 e. The first-order valence-electron chi connectivity index (χ1n) is 9.60. The number of rotatable bonds is 4. The number of halogens is 1. The zero-order valence-electron chi connectivity index (χ0n) is 16.9. The zero-order valence-corrected chi connectivity index (χ0v) is 16.9. The van der Waals surface area contributed by atoms with Gasteiger partial charge in [-0.15, -0.1) is 0 Å². The largest absolute Gasteiger partial charge is 0.356 e. The summed E-state index contributed by atoms with van der Waals surface area (Å²) in [5.41, 5.74) is 4.33. The number of benzene rings is 1. The molecule has 1 aromatic heterocycles. The average Bonchev–Trinajstić information content (AvgIpc) is 2.73. The molecule has 0 fully saturated rings. The fraction of sp³-hybridized carbons (Fsp3) is 0.261. The van der Waals surface area contributed by atoms with E-state index < -0.39 is 11.7 Å². The lowest BCUT2D eigenvalue weighted by Gasteiger charge is -2.31. The average molecular weight is 392 g/mol. The summed E-state index contributed by atoms with van der Waals surface area (Å²) in [5.74, 6) is -0.135. The molecule has 1 aromatic carbocycles. The molecule has 1 aliphatic rings. The minimum atomic E-state index is -0.639. The van der Waals surface area contributed by atoms with Gasteiger partial charge in [0.2, 0.25) is 0 Å². The molecule has 0 saturated carbocycles. The predicted octanol–water partition coefficient (Wildman–Crippen LogP) is 4.90. The third kappa shape index (κ3) is 4.96. The number of aromatic nitrogens is 1. The van der Waals surface area contributed by atoms with Crippen LogP contribution in [-0.2, 0) is 0 Å². The number of aliphatic imine (C=N–C) groups is 1. The molecule has 0 spiro atoms. The van der Waals surface area contributed by atoms with Crippen LogP contribution < -0.4 is 5.32 Å². The van der Waals surface area contributed by atoms with Crippen LogP contribution in [0.3, 0.4) is 0 Å². The van der Waals surface area contributed by atoms with Crippen LogP contribution in [0.2, 0.25) is 0 Å². The number of anilines is 1. The summed E-state index contributed by atoms with van der Waals surface area (Å²) >= 11 is 0. The lowest BCUT2D eigenvalue weighted by atomic mass is 9.94. The highest BCUT2D eigenvalue weighted by Gasteiger charge is 2.19. The molecule has 0 saturated heterocycles. The maximum atomic E-state index is 13.7. The number of amides is 1. The molecule has 2 heterocycles. The maximum Gasteiger partial charge on any atom is 0.258 e. The first-order valence-corrected chi connectivity index (χ1v) is 9.60. The molecule has 0 atom stereocenters. The summed E-state index contributed by atoms with van der Waals surface area (Å²) in [5, 5.41) is 2.73. The van der Waals surface area contributed by atoms with Gasteiger partial charge in [-0.2, -0.15) is 0 Å². The van der Waals surface area contributed by atoms with Gasteiger partial charge in [-0.25, -0.2) is 9.38 Å². The van der Waals surface area contributed by atoms with Crippen molar-refractivity contribution >= 4 is 23.0 Å². The summed E-state index contributed by atoms with van der Waals surface area (Å²) in [7, 11) is 0. The van der Waals surface area contributed by atoms with Crippen LogP contribution in [-0.4, -0.2) is 34.7 Å².